The molecule has 234 valence electrons. The van der Waals surface area contributed by atoms with Crippen LogP contribution in [0.25, 0.3) is 0 Å². The first-order valence-corrected chi connectivity index (χ1v) is 16.2. The molecule has 4 rings (SSSR count). The number of carbonyl (C=O) groups is 1. The summed E-state index contributed by atoms with van der Waals surface area (Å²) in [4.78, 5) is 15.7. The maximum atomic E-state index is 13.5. The Morgan fingerprint density at radius 2 is 1.14 bits per heavy atom. The number of benzene rings is 4. The van der Waals surface area contributed by atoms with Crippen molar-refractivity contribution in [2.45, 2.75) is 52.9 Å². The summed E-state index contributed by atoms with van der Waals surface area (Å²) in [5, 5.41) is -5.10. The molecule has 0 heterocycles. The smallest absolute Gasteiger partial charge is 0.420 e. The average molecular weight is 646 g/mol. The van der Waals surface area contributed by atoms with Crippen LogP contribution in [0.4, 0.5) is 8.78 Å². The van der Waals surface area contributed by atoms with Crippen molar-refractivity contribution < 1.29 is 40.8 Å². The van der Waals surface area contributed by atoms with Gasteiger partial charge in [-0.1, -0.05) is 68.4 Å². The summed E-state index contributed by atoms with van der Waals surface area (Å²) in [6.45, 7) is 3.66. The maximum absolute atomic E-state index is 13.5. The van der Waals surface area contributed by atoms with Crippen LogP contribution in [-0.4, -0.2) is 38.4 Å². The fraction of sp³-hybridized carbons (Fsp3) is 0.242. The SMILES string of the molecule is COCc1cc(C(C)C)cc(COC)c1OC(=O)C(F)(F)S(=O)(=O)O.c1ccc([S+](c2ccccc2)c2ccccc2)cc1. The molecule has 7 nitrogen and oxygen atoms in total. The molecule has 0 aliphatic carbocycles. The summed E-state index contributed by atoms with van der Waals surface area (Å²) >= 11 is 0. The molecule has 0 saturated carbocycles. The van der Waals surface area contributed by atoms with E-state index in [4.69, 9.17) is 14.0 Å². The van der Waals surface area contributed by atoms with Gasteiger partial charge in [0.25, 0.3) is 0 Å². The minimum atomic E-state index is -5.96. The zero-order valence-electron chi connectivity index (χ0n) is 24.8. The van der Waals surface area contributed by atoms with E-state index in [2.05, 4.69) is 95.7 Å². The predicted molar refractivity (Wildman–Crippen MR) is 166 cm³/mol. The van der Waals surface area contributed by atoms with Crippen LogP contribution in [0.15, 0.2) is 118 Å². The molecule has 0 saturated heterocycles. The van der Waals surface area contributed by atoms with E-state index in [1.807, 2.05) is 13.8 Å². The summed E-state index contributed by atoms with van der Waals surface area (Å²) in [7, 11) is -3.26. The third-order valence-electron chi connectivity index (χ3n) is 6.22. The maximum Gasteiger partial charge on any atom is 0.466 e. The minimum absolute atomic E-state index is 0.0146. The van der Waals surface area contributed by atoms with Crippen LogP contribution >= 0.6 is 0 Å². The van der Waals surface area contributed by atoms with E-state index in [0.29, 0.717) is 0 Å². The van der Waals surface area contributed by atoms with Crippen LogP contribution in [0.1, 0.15) is 36.5 Å². The van der Waals surface area contributed by atoms with E-state index < -0.39 is 21.3 Å². The van der Waals surface area contributed by atoms with Gasteiger partial charge in [0.05, 0.1) is 24.1 Å². The van der Waals surface area contributed by atoms with E-state index >= 15 is 0 Å². The highest BCUT2D eigenvalue weighted by Crippen LogP contribution is 2.33. The van der Waals surface area contributed by atoms with Crippen molar-refractivity contribution in [1.29, 1.82) is 0 Å². The van der Waals surface area contributed by atoms with E-state index in [1.54, 1.807) is 12.1 Å². The molecule has 0 aromatic heterocycles. The van der Waals surface area contributed by atoms with E-state index in [1.165, 1.54) is 28.9 Å². The van der Waals surface area contributed by atoms with Crippen molar-refractivity contribution >= 4 is 27.0 Å². The second-order valence-electron chi connectivity index (χ2n) is 9.82. The van der Waals surface area contributed by atoms with Crippen LogP contribution in [0.5, 0.6) is 5.75 Å². The molecule has 11 heteroatoms. The lowest BCUT2D eigenvalue weighted by Gasteiger charge is -2.19. The van der Waals surface area contributed by atoms with Gasteiger partial charge in [-0.3, -0.25) is 4.55 Å². The molecule has 0 aliphatic heterocycles. The standard InChI is InChI=1S/C18H15S.C15H20F2O7S/c1-4-10-16(11-5-1)19(17-12-6-2-7-13-17)18-14-8-3-9-15-18;1-9(2)10-5-11(7-22-3)13(12(6-10)8-23-4)24-14(18)15(16,17)25(19,20)21/h1-15H;5-6,9H,7-8H2,1-4H3,(H,19,20,21)/q+1;. The van der Waals surface area contributed by atoms with Gasteiger partial charge in [-0.25, -0.2) is 4.79 Å². The van der Waals surface area contributed by atoms with Crippen LogP contribution < -0.4 is 4.74 Å². The number of methoxy groups -OCH3 is 2. The molecule has 0 amide bonds. The Kier molecular flexibility index (Phi) is 12.6. The van der Waals surface area contributed by atoms with Crippen molar-refractivity contribution in [2.75, 3.05) is 14.2 Å². The first kappa shape index (κ1) is 34.9. The zero-order chi connectivity index (χ0) is 32.3. The molecule has 1 N–H and O–H groups in total. The number of esters is 1. The molecule has 44 heavy (non-hydrogen) atoms. The lowest BCUT2D eigenvalue weighted by molar-refractivity contribution is -0.151. The highest BCUT2D eigenvalue weighted by molar-refractivity contribution is 7.97. The lowest BCUT2D eigenvalue weighted by atomic mass is 9.97. The van der Waals surface area contributed by atoms with Crippen molar-refractivity contribution in [3.05, 3.63) is 120 Å². The van der Waals surface area contributed by atoms with Crippen LogP contribution in [0, 0.1) is 0 Å². The predicted octanol–water partition coefficient (Wildman–Crippen LogP) is 7.27. The Morgan fingerprint density at radius 3 is 1.43 bits per heavy atom. The van der Waals surface area contributed by atoms with E-state index in [9.17, 15) is 22.0 Å². The quantitative estimate of drug-likeness (QED) is 0.0793. The number of alkyl halides is 2. The lowest BCUT2D eigenvalue weighted by Crippen LogP contribution is -2.40. The normalized spacial score (nSPS) is 11.7. The summed E-state index contributed by atoms with van der Waals surface area (Å²) in [6, 6.07) is 35.4. The molecule has 0 unspecified atom stereocenters. The zero-order valence-corrected chi connectivity index (χ0v) is 26.4. The summed E-state index contributed by atoms with van der Waals surface area (Å²) in [6.07, 6.45) is 0. The molecular formula is C33H35F2O7S2+. The third kappa shape index (κ3) is 8.96. The highest BCUT2D eigenvalue weighted by atomic mass is 32.2. The minimum Gasteiger partial charge on any atom is -0.420 e. The Balaban J connectivity index is 0.000000248. The van der Waals surface area contributed by atoms with E-state index in [-0.39, 0.29) is 46.9 Å². The molecule has 0 bridgehead atoms. The first-order valence-electron chi connectivity index (χ1n) is 13.5. The van der Waals surface area contributed by atoms with Gasteiger partial charge in [0.2, 0.25) is 0 Å². The Labute approximate surface area is 259 Å². The van der Waals surface area contributed by atoms with Gasteiger partial charge in [0.15, 0.2) is 14.7 Å². The monoisotopic (exact) mass is 645 g/mol. The van der Waals surface area contributed by atoms with Gasteiger partial charge in [0.1, 0.15) is 5.75 Å². The summed E-state index contributed by atoms with van der Waals surface area (Å²) in [5.41, 5.74) is 1.35. The van der Waals surface area contributed by atoms with Crippen LogP contribution in [-0.2, 0) is 48.5 Å². The number of ether oxygens (including phenoxy) is 3. The molecular weight excluding hydrogens is 610 g/mol. The van der Waals surface area contributed by atoms with Gasteiger partial charge in [-0.2, -0.15) is 17.2 Å². The van der Waals surface area contributed by atoms with E-state index in [0.717, 1.165) is 5.56 Å². The van der Waals surface area contributed by atoms with Crippen molar-refractivity contribution in [2.24, 2.45) is 0 Å². The Hall–Kier alpha value is -3.61. The van der Waals surface area contributed by atoms with Crippen LogP contribution in [0.2, 0.25) is 0 Å². The third-order valence-corrected chi connectivity index (χ3v) is 9.27. The largest absolute Gasteiger partial charge is 0.466 e. The summed E-state index contributed by atoms with van der Waals surface area (Å²) in [5.74, 6) is -2.63. The van der Waals surface area contributed by atoms with Crippen molar-refractivity contribution in [3.63, 3.8) is 0 Å². The molecule has 0 spiro atoms. The molecule has 0 radical (unpaired) electrons. The molecule has 4 aromatic rings. The topological polar surface area (TPSA) is 99.1 Å². The number of halogens is 2. The van der Waals surface area contributed by atoms with Crippen molar-refractivity contribution in [3.8, 4) is 5.75 Å². The molecule has 0 fully saturated rings. The van der Waals surface area contributed by atoms with Gasteiger partial charge in [-0.15, -0.1) is 0 Å². The second kappa shape index (κ2) is 15.9. The first-order chi connectivity index (χ1) is 20.9. The van der Waals surface area contributed by atoms with Gasteiger partial charge >= 0.3 is 21.3 Å². The van der Waals surface area contributed by atoms with Gasteiger partial charge in [0, 0.05) is 25.3 Å². The molecule has 0 atom stereocenters. The Morgan fingerprint density at radius 1 is 0.773 bits per heavy atom. The number of hydrogen-bond acceptors (Lipinski definition) is 6. The summed E-state index contributed by atoms with van der Waals surface area (Å²) < 4.78 is 71.5. The van der Waals surface area contributed by atoms with Crippen LogP contribution in [0.3, 0.4) is 0 Å². The highest BCUT2D eigenvalue weighted by Gasteiger charge is 2.54. The van der Waals surface area contributed by atoms with Gasteiger partial charge < -0.3 is 14.2 Å². The number of carbonyl (C=O) groups excluding carboxylic acids is 1. The fourth-order valence-electron chi connectivity index (χ4n) is 4.11. The van der Waals surface area contributed by atoms with Gasteiger partial charge in [-0.05, 0) is 60.0 Å². The number of hydrogen-bond donors (Lipinski definition) is 1. The average Bonchev–Trinajstić information content (AvgIpc) is 3.00. The van der Waals surface area contributed by atoms with Crippen molar-refractivity contribution in [1.82, 2.24) is 0 Å². The number of rotatable bonds is 11. The fourth-order valence-corrected chi connectivity index (χ4v) is 6.46. The molecule has 0 aliphatic rings. The Bertz CT molecular complexity index is 1480. The molecule has 4 aromatic carbocycles. The second-order valence-corrected chi connectivity index (χ2v) is 13.3.